The average Bonchev–Trinajstić information content (AvgIpc) is 3.13. The van der Waals surface area contributed by atoms with E-state index < -0.39 is 5.82 Å². The van der Waals surface area contributed by atoms with Crippen molar-refractivity contribution in [3.63, 3.8) is 0 Å². The number of aryl methyl sites for hydroxylation is 1. The lowest BCUT2D eigenvalue weighted by Gasteiger charge is -2.13. The Labute approximate surface area is 159 Å². The van der Waals surface area contributed by atoms with Crippen molar-refractivity contribution in [1.82, 2.24) is 25.1 Å². The summed E-state index contributed by atoms with van der Waals surface area (Å²) in [5.41, 5.74) is 8.08. The van der Waals surface area contributed by atoms with Gasteiger partial charge in [0.05, 0.1) is 24.9 Å². The first kappa shape index (κ1) is 17.8. The summed E-state index contributed by atoms with van der Waals surface area (Å²) in [5, 5.41) is 4.54. The van der Waals surface area contributed by atoms with Gasteiger partial charge in [-0.1, -0.05) is 5.16 Å². The molecule has 9 heteroatoms. The zero-order valence-electron chi connectivity index (χ0n) is 15.5. The van der Waals surface area contributed by atoms with Crippen molar-refractivity contribution in [2.24, 2.45) is 0 Å². The smallest absolute Gasteiger partial charge is 0.223 e. The summed E-state index contributed by atoms with van der Waals surface area (Å²) < 4.78 is 23.7. The largest absolute Gasteiger partial charge is 0.494 e. The Morgan fingerprint density at radius 2 is 1.96 bits per heavy atom. The third-order valence-corrected chi connectivity index (χ3v) is 4.37. The molecule has 0 bridgehead atoms. The molecule has 4 rings (SSSR count). The van der Waals surface area contributed by atoms with Gasteiger partial charge in [0, 0.05) is 17.9 Å². The predicted molar refractivity (Wildman–Crippen MR) is 100 cm³/mol. The highest BCUT2D eigenvalue weighted by Gasteiger charge is 2.21. The molecule has 142 valence electrons. The van der Waals surface area contributed by atoms with Crippen molar-refractivity contribution < 1.29 is 13.7 Å². The molecule has 0 saturated heterocycles. The summed E-state index contributed by atoms with van der Waals surface area (Å²) in [6.45, 7) is 3.58. The number of nitrogens with zero attached hydrogens (tertiary/aromatic N) is 5. The average molecular weight is 380 g/mol. The molecule has 1 unspecified atom stereocenters. The Morgan fingerprint density at radius 3 is 2.61 bits per heavy atom. The van der Waals surface area contributed by atoms with Crippen LogP contribution in [0.4, 0.5) is 10.2 Å². The monoisotopic (exact) mass is 380 g/mol. The normalized spacial score (nSPS) is 12.3. The van der Waals surface area contributed by atoms with Crippen molar-refractivity contribution in [2.45, 2.75) is 19.8 Å². The third kappa shape index (κ3) is 3.11. The van der Waals surface area contributed by atoms with E-state index in [1.165, 1.54) is 6.07 Å². The van der Waals surface area contributed by atoms with E-state index in [1.54, 1.807) is 32.2 Å². The molecule has 0 fully saturated rings. The predicted octanol–water partition coefficient (Wildman–Crippen LogP) is 3.26. The van der Waals surface area contributed by atoms with Crippen LogP contribution in [0, 0.1) is 12.7 Å². The van der Waals surface area contributed by atoms with E-state index in [0.29, 0.717) is 45.4 Å². The number of ether oxygens (including phenoxy) is 1. The summed E-state index contributed by atoms with van der Waals surface area (Å²) in [5.74, 6) is 1.46. The summed E-state index contributed by atoms with van der Waals surface area (Å²) in [6, 6.07) is 6.51. The van der Waals surface area contributed by atoms with Gasteiger partial charge in [-0.2, -0.15) is 4.98 Å². The van der Waals surface area contributed by atoms with Gasteiger partial charge in [0.25, 0.3) is 0 Å². The minimum atomic E-state index is -0.408. The molecule has 3 aromatic heterocycles. The summed E-state index contributed by atoms with van der Waals surface area (Å²) >= 11 is 0. The molecule has 0 aliphatic carbocycles. The lowest BCUT2D eigenvalue weighted by atomic mass is 10.1. The van der Waals surface area contributed by atoms with Crippen LogP contribution in [0.3, 0.4) is 0 Å². The number of methoxy groups -OCH3 is 1. The number of halogens is 1. The molecule has 0 amide bonds. The number of aromatic nitrogens is 5. The first-order valence-electron chi connectivity index (χ1n) is 8.53. The highest BCUT2D eigenvalue weighted by molar-refractivity contribution is 5.95. The minimum absolute atomic E-state index is 0.286. The molecule has 0 radical (unpaired) electrons. The fourth-order valence-electron chi connectivity index (χ4n) is 2.89. The lowest BCUT2D eigenvalue weighted by molar-refractivity contribution is 0.385. The van der Waals surface area contributed by atoms with Crippen molar-refractivity contribution in [3.05, 3.63) is 53.8 Å². The Hall–Kier alpha value is -3.62. The maximum atomic E-state index is 13.2. The van der Waals surface area contributed by atoms with Gasteiger partial charge in [-0.3, -0.25) is 4.98 Å². The van der Waals surface area contributed by atoms with Crippen LogP contribution in [-0.2, 0) is 0 Å². The maximum absolute atomic E-state index is 13.2. The number of hydrogen-bond acceptors (Lipinski definition) is 8. The van der Waals surface area contributed by atoms with Gasteiger partial charge in [0.15, 0.2) is 5.82 Å². The molecule has 28 heavy (non-hydrogen) atoms. The van der Waals surface area contributed by atoms with Crippen LogP contribution < -0.4 is 10.5 Å². The van der Waals surface area contributed by atoms with Crippen LogP contribution in [0.2, 0.25) is 0 Å². The Morgan fingerprint density at radius 1 is 1.14 bits per heavy atom. The summed E-state index contributed by atoms with van der Waals surface area (Å²) in [6.07, 6.45) is 1.16. The van der Waals surface area contributed by atoms with E-state index in [0.717, 1.165) is 6.20 Å². The van der Waals surface area contributed by atoms with Crippen molar-refractivity contribution in [1.29, 1.82) is 0 Å². The topological polar surface area (TPSA) is 113 Å². The maximum Gasteiger partial charge on any atom is 0.223 e. The molecule has 8 nitrogen and oxygen atoms in total. The molecule has 0 saturated carbocycles. The standard InChI is InChI=1S/C19H17FN6O2/c1-9(19-23-10(2)28-26-19)18-24-16-13(17(21)25-18)6-11(7-15(16)27-3)14-5-4-12(20)8-22-14/h4-9H,1-3H3,(H2,21,24,25). The van der Waals surface area contributed by atoms with E-state index >= 15 is 0 Å². The van der Waals surface area contributed by atoms with Crippen LogP contribution >= 0.6 is 0 Å². The van der Waals surface area contributed by atoms with E-state index in [1.807, 2.05) is 6.92 Å². The Bertz CT molecular complexity index is 1160. The van der Waals surface area contributed by atoms with Crippen LogP contribution in [0.15, 0.2) is 35.0 Å². The lowest BCUT2D eigenvalue weighted by Crippen LogP contribution is -2.08. The zero-order valence-corrected chi connectivity index (χ0v) is 15.5. The first-order valence-corrected chi connectivity index (χ1v) is 8.53. The van der Waals surface area contributed by atoms with Gasteiger partial charge in [0.1, 0.15) is 28.7 Å². The highest BCUT2D eigenvalue weighted by Crippen LogP contribution is 2.34. The highest BCUT2D eigenvalue weighted by atomic mass is 19.1. The SMILES string of the molecule is COc1cc(-c2ccc(F)cn2)cc2c(N)nc(C(C)c3noc(C)n3)nc12. The second-order valence-electron chi connectivity index (χ2n) is 6.30. The molecule has 0 aliphatic heterocycles. The molecule has 0 spiro atoms. The number of anilines is 1. The number of fused-ring (bicyclic) bond motifs is 1. The molecule has 3 heterocycles. The van der Waals surface area contributed by atoms with Crippen LogP contribution in [0.5, 0.6) is 5.75 Å². The number of hydrogen-bond donors (Lipinski definition) is 1. The number of nitrogens with two attached hydrogens (primary N) is 1. The van der Waals surface area contributed by atoms with Gasteiger partial charge < -0.3 is 15.0 Å². The van der Waals surface area contributed by atoms with Gasteiger partial charge in [-0.25, -0.2) is 14.4 Å². The Balaban J connectivity index is 1.86. The molecule has 4 aromatic rings. The number of nitrogen functional groups attached to an aromatic ring is 1. The molecule has 2 N–H and O–H groups in total. The van der Waals surface area contributed by atoms with E-state index in [2.05, 4.69) is 25.1 Å². The second kappa shape index (κ2) is 6.84. The molecular weight excluding hydrogens is 363 g/mol. The summed E-state index contributed by atoms with van der Waals surface area (Å²) in [7, 11) is 1.54. The number of pyridine rings is 1. The molecule has 0 aliphatic rings. The number of rotatable bonds is 4. The van der Waals surface area contributed by atoms with E-state index in [4.69, 9.17) is 15.0 Å². The van der Waals surface area contributed by atoms with Crippen molar-refractivity contribution >= 4 is 16.7 Å². The number of benzene rings is 1. The van der Waals surface area contributed by atoms with Crippen LogP contribution in [0.25, 0.3) is 22.2 Å². The van der Waals surface area contributed by atoms with Crippen molar-refractivity contribution in [2.75, 3.05) is 12.8 Å². The van der Waals surface area contributed by atoms with Crippen LogP contribution in [0.1, 0.15) is 30.4 Å². The minimum Gasteiger partial charge on any atom is -0.494 e. The van der Waals surface area contributed by atoms with E-state index in [-0.39, 0.29) is 11.7 Å². The summed E-state index contributed by atoms with van der Waals surface area (Å²) in [4.78, 5) is 17.4. The Kier molecular flexibility index (Phi) is 4.34. The van der Waals surface area contributed by atoms with Gasteiger partial charge in [-0.15, -0.1) is 0 Å². The van der Waals surface area contributed by atoms with Crippen LogP contribution in [-0.4, -0.2) is 32.2 Å². The van der Waals surface area contributed by atoms with E-state index in [9.17, 15) is 4.39 Å². The van der Waals surface area contributed by atoms with Gasteiger partial charge >= 0.3 is 0 Å². The first-order chi connectivity index (χ1) is 13.5. The third-order valence-electron chi connectivity index (χ3n) is 4.37. The second-order valence-corrected chi connectivity index (χ2v) is 6.30. The van der Waals surface area contributed by atoms with Crippen molar-refractivity contribution in [3.8, 4) is 17.0 Å². The molecular formula is C19H17FN6O2. The molecule has 1 atom stereocenters. The molecule has 1 aromatic carbocycles. The zero-order chi connectivity index (χ0) is 19.8. The fourth-order valence-corrected chi connectivity index (χ4v) is 2.89. The fraction of sp³-hybridized carbons (Fsp3) is 0.211. The quantitative estimate of drug-likeness (QED) is 0.574. The van der Waals surface area contributed by atoms with Gasteiger partial charge in [-0.05, 0) is 31.2 Å². The van der Waals surface area contributed by atoms with Gasteiger partial charge in [0.2, 0.25) is 5.89 Å².